The van der Waals surface area contributed by atoms with Crippen molar-refractivity contribution in [3.63, 3.8) is 0 Å². The molecule has 3 N–H and O–H groups in total. The maximum absolute atomic E-state index is 12.1. The molecule has 0 saturated heterocycles. The van der Waals surface area contributed by atoms with Gasteiger partial charge in [0.05, 0.1) is 0 Å². The highest BCUT2D eigenvalue weighted by Gasteiger charge is 2.31. The third-order valence-electron chi connectivity index (χ3n) is 3.52. The van der Waals surface area contributed by atoms with E-state index in [-0.39, 0.29) is 11.8 Å². The van der Waals surface area contributed by atoms with E-state index in [9.17, 15) is 13.2 Å². The van der Waals surface area contributed by atoms with Crippen LogP contribution < -0.4 is 16.0 Å². The molecule has 1 atom stereocenters. The molecular weight excluding hydrogens is 257 g/mol. The second-order valence-electron chi connectivity index (χ2n) is 4.81. The summed E-state index contributed by atoms with van der Waals surface area (Å²) in [5.41, 5.74) is 3.66. The molecule has 0 spiro atoms. The van der Waals surface area contributed by atoms with Crippen LogP contribution in [0.5, 0.6) is 5.75 Å². The van der Waals surface area contributed by atoms with E-state index in [0.29, 0.717) is 5.92 Å². The molecular formula is C13H17F3N2O. The number of benzene rings is 1. The molecule has 2 rings (SSSR count). The van der Waals surface area contributed by atoms with E-state index in [4.69, 9.17) is 5.84 Å². The van der Waals surface area contributed by atoms with Crippen LogP contribution >= 0.6 is 0 Å². The fraction of sp³-hybridized carbons (Fsp3) is 0.538. The first kappa shape index (κ1) is 14.1. The average molecular weight is 274 g/mol. The zero-order valence-electron chi connectivity index (χ0n) is 10.4. The van der Waals surface area contributed by atoms with E-state index in [1.165, 1.54) is 25.0 Å². The first-order valence-corrected chi connectivity index (χ1v) is 6.31. The Balaban J connectivity index is 2.07. The Morgan fingerprint density at radius 1 is 1.16 bits per heavy atom. The molecule has 1 saturated carbocycles. The van der Waals surface area contributed by atoms with Gasteiger partial charge in [0, 0.05) is 6.04 Å². The van der Waals surface area contributed by atoms with Crippen LogP contribution in [0.1, 0.15) is 37.3 Å². The topological polar surface area (TPSA) is 47.3 Å². The van der Waals surface area contributed by atoms with Gasteiger partial charge in [0.2, 0.25) is 0 Å². The summed E-state index contributed by atoms with van der Waals surface area (Å²) in [4.78, 5) is 0. The van der Waals surface area contributed by atoms with E-state index in [2.05, 4.69) is 10.2 Å². The van der Waals surface area contributed by atoms with Crippen LogP contribution in [0.3, 0.4) is 0 Å². The maximum atomic E-state index is 12.1. The number of ether oxygens (including phenoxy) is 1. The summed E-state index contributed by atoms with van der Waals surface area (Å²) in [6.45, 7) is 0. The summed E-state index contributed by atoms with van der Waals surface area (Å²) in [5.74, 6) is 5.80. The van der Waals surface area contributed by atoms with Crippen LogP contribution in [-0.4, -0.2) is 6.36 Å². The second kappa shape index (κ2) is 5.79. The predicted octanol–water partition coefficient (Wildman–Crippen LogP) is 3.28. The van der Waals surface area contributed by atoms with E-state index in [1.54, 1.807) is 12.1 Å². The molecule has 0 radical (unpaired) electrons. The number of nitrogens with one attached hydrogen (secondary N) is 1. The Hall–Kier alpha value is -1.27. The molecule has 0 heterocycles. The van der Waals surface area contributed by atoms with Crippen molar-refractivity contribution in [2.24, 2.45) is 11.8 Å². The summed E-state index contributed by atoms with van der Waals surface area (Å²) < 4.78 is 40.0. The number of nitrogens with two attached hydrogens (primary N) is 1. The zero-order chi connectivity index (χ0) is 13.9. The summed E-state index contributed by atoms with van der Waals surface area (Å²) >= 11 is 0. The van der Waals surface area contributed by atoms with Crippen molar-refractivity contribution in [3.05, 3.63) is 29.8 Å². The fourth-order valence-corrected chi connectivity index (χ4v) is 2.67. The zero-order valence-corrected chi connectivity index (χ0v) is 10.4. The highest BCUT2D eigenvalue weighted by Crippen LogP contribution is 2.36. The number of rotatable bonds is 4. The lowest BCUT2D eigenvalue weighted by Gasteiger charge is -2.23. The molecule has 6 heteroatoms. The van der Waals surface area contributed by atoms with Crippen LogP contribution in [0.2, 0.25) is 0 Å². The molecule has 0 bridgehead atoms. The Kier molecular flexibility index (Phi) is 4.31. The molecule has 1 aliphatic carbocycles. The van der Waals surface area contributed by atoms with E-state index in [0.717, 1.165) is 18.4 Å². The molecule has 1 fully saturated rings. The molecule has 3 nitrogen and oxygen atoms in total. The Bertz CT molecular complexity index is 399. The van der Waals surface area contributed by atoms with Gasteiger partial charge in [-0.05, 0) is 36.5 Å². The van der Waals surface area contributed by atoms with Crippen LogP contribution in [0, 0.1) is 5.92 Å². The van der Waals surface area contributed by atoms with Crippen molar-refractivity contribution in [2.75, 3.05) is 0 Å². The standard InChI is InChI=1S/C13H17F3N2O/c14-13(15,16)19-11-7-5-10(6-8-11)12(18-17)9-3-1-2-4-9/h5-9,12,18H,1-4,17H2. The summed E-state index contributed by atoms with van der Waals surface area (Å²) in [6.07, 6.45) is -0.111. The van der Waals surface area contributed by atoms with E-state index < -0.39 is 6.36 Å². The van der Waals surface area contributed by atoms with Gasteiger partial charge in [-0.2, -0.15) is 0 Å². The van der Waals surface area contributed by atoms with Gasteiger partial charge in [-0.15, -0.1) is 13.2 Å². The summed E-state index contributed by atoms with van der Waals surface area (Å²) in [7, 11) is 0. The average Bonchev–Trinajstić information content (AvgIpc) is 2.84. The number of hydrogen-bond acceptors (Lipinski definition) is 3. The van der Waals surface area contributed by atoms with Gasteiger partial charge < -0.3 is 4.74 Å². The van der Waals surface area contributed by atoms with Crippen LogP contribution in [0.15, 0.2) is 24.3 Å². The second-order valence-corrected chi connectivity index (χ2v) is 4.81. The summed E-state index contributed by atoms with van der Waals surface area (Å²) in [5, 5.41) is 0. The lowest BCUT2D eigenvalue weighted by molar-refractivity contribution is -0.274. The third-order valence-corrected chi connectivity index (χ3v) is 3.52. The van der Waals surface area contributed by atoms with Crippen molar-refractivity contribution in [1.29, 1.82) is 0 Å². The van der Waals surface area contributed by atoms with Gasteiger partial charge in [0.25, 0.3) is 0 Å². The SMILES string of the molecule is NNC(c1ccc(OC(F)(F)F)cc1)C1CCCC1. The Morgan fingerprint density at radius 3 is 2.21 bits per heavy atom. The monoisotopic (exact) mass is 274 g/mol. The van der Waals surface area contributed by atoms with E-state index >= 15 is 0 Å². The van der Waals surface area contributed by atoms with Crippen molar-refractivity contribution in [2.45, 2.75) is 38.1 Å². The normalized spacial score (nSPS) is 18.5. The number of halogens is 3. The Morgan fingerprint density at radius 2 is 1.74 bits per heavy atom. The minimum atomic E-state index is -4.65. The fourth-order valence-electron chi connectivity index (χ4n) is 2.67. The molecule has 0 aliphatic heterocycles. The number of hydrazine groups is 1. The lowest BCUT2D eigenvalue weighted by atomic mass is 9.92. The van der Waals surface area contributed by atoms with Gasteiger partial charge in [-0.25, -0.2) is 0 Å². The largest absolute Gasteiger partial charge is 0.573 e. The van der Waals surface area contributed by atoms with Gasteiger partial charge in [-0.3, -0.25) is 11.3 Å². The van der Waals surface area contributed by atoms with Crippen molar-refractivity contribution < 1.29 is 17.9 Å². The van der Waals surface area contributed by atoms with Gasteiger partial charge in [0.1, 0.15) is 5.75 Å². The highest BCUT2D eigenvalue weighted by molar-refractivity contribution is 5.29. The smallest absolute Gasteiger partial charge is 0.406 e. The predicted molar refractivity (Wildman–Crippen MR) is 65.1 cm³/mol. The first-order chi connectivity index (χ1) is 8.99. The molecule has 0 aromatic heterocycles. The minimum absolute atomic E-state index is 0.0116. The lowest BCUT2D eigenvalue weighted by Crippen LogP contribution is -2.32. The number of hydrogen-bond donors (Lipinski definition) is 2. The highest BCUT2D eigenvalue weighted by atomic mass is 19.4. The van der Waals surface area contributed by atoms with Crippen LogP contribution in [-0.2, 0) is 0 Å². The first-order valence-electron chi connectivity index (χ1n) is 6.31. The maximum Gasteiger partial charge on any atom is 0.573 e. The number of alkyl halides is 3. The van der Waals surface area contributed by atoms with Gasteiger partial charge in [0.15, 0.2) is 0 Å². The molecule has 106 valence electrons. The molecule has 1 aromatic rings. The third kappa shape index (κ3) is 3.84. The van der Waals surface area contributed by atoms with Crippen molar-refractivity contribution in [1.82, 2.24) is 5.43 Å². The summed E-state index contributed by atoms with van der Waals surface area (Å²) in [6, 6.07) is 5.89. The van der Waals surface area contributed by atoms with E-state index in [1.807, 2.05) is 0 Å². The van der Waals surface area contributed by atoms with Crippen molar-refractivity contribution in [3.8, 4) is 5.75 Å². The molecule has 1 aromatic carbocycles. The van der Waals surface area contributed by atoms with Crippen LogP contribution in [0.25, 0.3) is 0 Å². The van der Waals surface area contributed by atoms with Gasteiger partial charge in [-0.1, -0.05) is 25.0 Å². The molecule has 1 aliphatic rings. The van der Waals surface area contributed by atoms with Gasteiger partial charge >= 0.3 is 6.36 Å². The Labute approximate surface area is 109 Å². The minimum Gasteiger partial charge on any atom is -0.406 e. The molecule has 19 heavy (non-hydrogen) atoms. The van der Waals surface area contributed by atoms with Crippen LogP contribution in [0.4, 0.5) is 13.2 Å². The quantitative estimate of drug-likeness (QED) is 0.654. The molecule has 0 amide bonds. The molecule has 1 unspecified atom stereocenters. The van der Waals surface area contributed by atoms with Crippen molar-refractivity contribution >= 4 is 0 Å².